The van der Waals surface area contributed by atoms with Crippen LogP contribution in [-0.4, -0.2) is 43.4 Å². The molecule has 3 nitrogen and oxygen atoms in total. The quantitative estimate of drug-likeness (QED) is 0.726. The average Bonchev–Trinajstić information content (AvgIpc) is 3.06. The van der Waals surface area contributed by atoms with Crippen molar-refractivity contribution in [2.24, 2.45) is 5.41 Å². The molecule has 146 valence electrons. The van der Waals surface area contributed by atoms with E-state index in [0.29, 0.717) is 11.6 Å². The van der Waals surface area contributed by atoms with Crippen LogP contribution in [-0.2, 0) is 4.79 Å². The third kappa shape index (κ3) is 3.97. The Bertz CT molecular complexity index is 745. The predicted octanol–water partition coefficient (Wildman–Crippen LogP) is 4.35. The van der Waals surface area contributed by atoms with E-state index in [9.17, 15) is 4.79 Å². The van der Waals surface area contributed by atoms with E-state index in [4.69, 9.17) is 0 Å². The fraction of sp³-hybridized carbons (Fsp3) is 0.522. The standard InChI is InChI=1S/C23H34N2OSi/c1-23(2,3)22(26)25-16-14-21(19(17-25)20-13-10-15-24(20)4)27(5,6)18-11-8-7-9-12-18/h7-9,11-12,14,16-17,20-21H,10,13,15H2,1-6H3. The third-order valence-corrected chi connectivity index (χ3v) is 10.1. The van der Waals surface area contributed by atoms with Crippen molar-refractivity contribution in [2.45, 2.75) is 58.3 Å². The first-order valence-corrected chi connectivity index (χ1v) is 13.2. The van der Waals surface area contributed by atoms with Gasteiger partial charge in [0.1, 0.15) is 0 Å². The molecule has 1 fully saturated rings. The second-order valence-electron chi connectivity index (χ2n) is 9.64. The Balaban J connectivity index is 2.01. The molecule has 2 unspecified atom stereocenters. The highest BCUT2D eigenvalue weighted by atomic mass is 28.3. The van der Waals surface area contributed by atoms with Crippen LogP contribution in [0, 0.1) is 5.41 Å². The second kappa shape index (κ2) is 7.40. The zero-order chi connectivity index (χ0) is 19.8. The summed E-state index contributed by atoms with van der Waals surface area (Å²) >= 11 is 0. The number of carbonyl (C=O) groups is 1. The summed E-state index contributed by atoms with van der Waals surface area (Å²) in [4.78, 5) is 17.2. The minimum atomic E-state index is -1.77. The van der Waals surface area contributed by atoms with E-state index in [2.05, 4.69) is 67.6 Å². The van der Waals surface area contributed by atoms with Crippen LogP contribution in [0.3, 0.4) is 0 Å². The summed E-state index contributed by atoms with van der Waals surface area (Å²) in [6.45, 7) is 12.0. The van der Waals surface area contributed by atoms with Crippen molar-refractivity contribution in [3.05, 3.63) is 54.4 Å². The Morgan fingerprint density at radius 3 is 2.37 bits per heavy atom. The molecule has 0 aliphatic carbocycles. The highest BCUT2D eigenvalue weighted by Gasteiger charge is 2.41. The predicted molar refractivity (Wildman–Crippen MR) is 116 cm³/mol. The first kappa shape index (κ1) is 20.1. The van der Waals surface area contributed by atoms with Crippen molar-refractivity contribution >= 4 is 19.2 Å². The Morgan fingerprint density at radius 2 is 1.81 bits per heavy atom. The zero-order valence-corrected chi connectivity index (χ0v) is 18.7. The van der Waals surface area contributed by atoms with Gasteiger partial charge in [-0.15, -0.1) is 0 Å². The topological polar surface area (TPSA) is 23.6 Å². The second-order valence-corrected chi connectivity index (χ2v) is 14.3. The van der Waals surface area contributed by atoms with Gasteiger partial charge in [0, 0.05) is 29.4 Å². The van der Waals surface area contributed by atoms with Crippen LogP contribution in [0.15, 0.2) is 54.4 Å². The van der Waals surface area contributed by atoms with E-state index < -0.39 is 8.07 Å². The maximum absolute atomic E-state index is 12.9. The van der Waals surface area contributed by atoms with Crippen molar-refractivity contribution in [1.29, 1.82) is 0 Å². The minimum absolute atomic E-state index is 0.162. The molecular weight excluding hydrogens is 348 g/mol. The lowest BCUT2D eigenvalue weighted by Crippen LogP contribution is -2.49. The molecule has 2 atom stereocenters. The fourth-order valence-electron chi connectivity index (χ4n) is 4.42. The van der Waals surface area contributed by atoms with Crippen LogP contribution in [0.5, 0.6) is 0 Å². The number of benzene rings is 1. The highest BCUT2D eigenvalue weighted by molar-refractivity contribution is 6.91. The van der Waals surface area contributed by atoms with Gasteiger partial charge in [-0.2, -0.15) is 0 Å². The van der Waals surface area contributed by atoms with Crippen LogP contribution in [0.2, 0.25) is 18.6 Å². The van der Waals surface area contributed by atoms with Gasteiger partial charge in [-0.25, -0.2) is 0 Å². The Morgan fingerprint density at radius 1 is 1.15 bits per heavy atom. The summed E-state index contributed by atoms with van der Waals surface area (Å²) in [6, 6.07) is 11.4. The summed E-state index contributed by atoms with van der Waals surface area (Å²) in [5.41, 5.74) is 1.46. The van der Waals surface area contributed by atoms with E-state index in [1.54, 1.807) is 0 Å². The van der Waals surface area contributed by atoms with E-state index >= 15 is 0 Å². The Hall–Kier alpha value is -1.65. The molecule has 0 N–H and O–H groups in total. The van der Waals surface area contributed by atoms with E-state index in [-0.39, 0.29) is 11.3 Å². The van der Waals surface area contributed by atoms with Gasteiger partial charge in [0.15, 0.2) is 0 Å². The maximum atomic E-state index is 12.9. The molecule has 0 saturated carbocycles. The van der Waals surface area contributed by atoms with Crippen LogP contribution in [0.4, 0.5) is 0 Å². The molecule has 2 aliphatic rings. The molecule has 1 aromatic carbocycles. The van der Waals surface area contributed by atoms with Crippen molar-refractivity contribution in [1.82, 2.24) is 9.80 Å². The van der Waals surface area contributed by atoms with Gasteiger partial charge >= 0.3 is 0 Å². The average molecular weight is 383 g/mol. The molecule has 0 bridgehead atoms. The monoisotopic (exact) mass is 382 g/mol. The van der Waals surface area contributed by atoms with Gasteiger partial charge in [0.2, 0.25) is 5.91 Å². The van der Waals surface area contributed by atoms with Gasteiger partial charge in [-0.1, -0.05) is 75.5 Å². The minimum Gasteiger partial charge on any atom is -0.300 e. The van der Waals surface area contributed by atoms with Gasteiger partial charge in [-0.05, 0) is 32.0 Å². The smallest absolute Gasteiger partial charge is 0.235 e. The number of carbonyl (C=O) groups excluding carboxylic acids is 1. The molecule has 1 aromatic rings. The van der Waals surface area contributed by atoms with Crippen molar-refractivity contribution in [3.8, 4) is 0 Å². The van der Waals surface area contributed by atoms with Crippen molar-refractivity contribution < 1.29 is 4.79 Å². The number of likely N-dealkylation sites (N-methyl/N-ethyl adjacent to an activating group) is 1. The molecule has 27 heavy (non-hydrogen) atoms. The maximum Gasteiger partial charge on any atom is 0.235 e. The van der Waals surface area contributed by atoms with Crippen LogP contribution >= 0.6 is 0 Å². The van der Waals surface area contributed by atoms with Gasteiger partial charge in [-0.3, -0.25) is 14.6 Å². The lowest BCUT2D eigenvalue weighted by atomic mass is 9.93. The number of rotatable bonds is 3. The number of amides is 1. The van der Waals surface area contributed by atoms with Crippen LogP contribution in [0.1, 0.15) is 33.6 Å². The lowest BCUT2D eigenvalue weighted by Gasteiger charge is -2.40. The molecule has 3 rings (SSSR count). The first-order chi connectivity index (χ1) is 12.6. The number of hydrogen-bond donors (Lipinski definition) is 0. The van der Waals surface area contributed by atoms with Crippen LogP contribution < -0.4 is 5.19 Å². The number of hydrogen-bond acceptors (Lipinski definition) is 2. The summed E-state index contributed by atoms with van der Waals surface area (Å²) in [5, 5.41) is 1.47. The molecule has 1 amide bonds. The summed E-state index contributed by atoms with van der Waals surface area (Å²) < 4.78 is 0. The van der Waals surface area contributed by atoms with Crippen molar-refractivity contribution in [3.63, 3.8) is 0 Å². The molecule has 0 radical (unpaired) electrons. The molecular formula is C23H34N2OSi. The third-order valence-electron chi connectivity index (χ3n) is 6.16. The van der Waals surface area contributed by atoms with Crippen molar-refractivity contribution in [2.75, 3.05) is 13.6 Å². The van der Waals surface area contributed by atoms with Gasteiger partial charge < -0.3 is 0 Å². The van der Waals surface area contributed by atoms with Gasteiger partial charge in [0.05, 0.1) is 8.07 Å². The molecule has 4 heteroatoms. The summed E-state index contributed by atoms with van der Waals surface area (Å²) in [6.07, 6.45) is 8.92. The molecule has 0 spiro atoms. The summed E-state index contributed by atoms with van der Waals surface area (Å²) in [5.74, 6) is 0.162. The largest absolute Gasteiger partial charge is 0.300 e. The first-order valence-electron chi connectivity index (χ1n) is 10.1. The number of allylic oxidation sites excluding steroid dienone is 1. The van der Waals surface area contributed by atoms with Gasteiger partial charge in [0.25, 0.3) is 0 Å². The van der Waals surface area contributed by atoms with E-state index in [0.717, 1.165) is 6.54 Å². The SMILES string of the molecule is CN1CCCC1C1=CN(C(=O)C(C)(C)C)C=CC1[Si](C)(C)c1ccccc1. The summed E-state index contributed by atoms with van der Waals surface area (Å²) in [7, 11) is 0.454. The molecule has 1 saturated heterocycles. The zero-order valence-electron chi connectivity index (χ0n) is 17.7. The highest BCUT2D eigenvalue weighted by Crippen LogP contribution is 2.40. The number of nitrogens with zero attached hydrogens (tertiary/aromatic N) is 2. The molecule has 0 aromatic heterocycles. The van der Waals surface area contributed by atoms with E-state index in [1.165, 1.54) is 23.6 Å². The molecule has 2 aliphatic heterocycles. The van der Waals surface area contributed by atoms with E-state index in [1.807, 2.05) is 31.9 Å². The Kier molecular flexibility index (Phi) is 5.51. The number of likely N-dealkylation sites (tertiary alicyclic amines) is 1. The van der Waals surface area contributed by atoms with Crippen LogP contribution in [0.25, 0.3) is 0 Å². The Labute approximate surface area is 165 Å². The molecule has 2 heterocycles. The fourth-order valence-corrected chi connectivity index (χ4v) is 7.49. The normalized spacial score (nSPS) is 24.2. The lowest BCUT2D eigenvalue weighted by molar-refractivity contribution is -0.134.